The molecular weight excluding hydrogens is 264 g/mol. The maximum absolute atomic E-state index is 5.05. The van der Waals surface area contributed by atoms with E-state index in [9.17, 15) is 0 Å². The Bertz CT molecular complexity index is 687. The first kappa shape index (κ1) is 13.6. The summed E-state index contributed by atoms with van der Waals surface area (Å²) in [5.74, 6) is 1.57. The predicted octanol–water partition coefficient (Wildman–Crippen LogP) is 2.82. The number of para-hydroxylation sites is 2. The van der Waals surface area contributed by atoms with Crippen molar-refractivity contribution in [3.05, 3.63) is 54.0 Å². The molecule has 2 heterocycles. The maximum Gasteiger partial charge on any atom is 0.212 e. The SMILES string of the molecule is COc1ccc(CNC(C)c2nc3ccccc3[nH]2)cn1. The van der Waals surface area contributed by atoms with Crippen LogP contribution in [0.25, 0.3) is 11.0 Å². The van der Waals surface area contributed by atoms with E-state index >= 15 is 0 Å². The first-order valence-corrected chi connectivity index (χ1v) is 6.93. The fraction of sp³-hybridized carbons (Fsp3) is 0.250. The second kappa shape index (κ2) is 5.93. The van der Waals surface area contributed by atoms with E-state index in [4.69, 9.17) is 4.74 Å². The highest BCUT2D eigenvalue weighted by Crippen LogP contribution is 2.16. The van der Waals surface area contributed by atoms with Gasteiger partial charge in [0.25, 0.3) is 0 Å². The third kappa shape index (κ3) is 3.03. The lowest BCUT2D eigenvalue weighted by molar-refractivity contribution is 0.397. The van der Waals surface area contributed by atoms with Crippen LogP contribution in [0.15, 0.2) is 42.6 Å². The Balaban J connectivity index is 1.66. The number of fused-ring (bicyclic) bond motifs is 1. The summed E-state index contributed by atoms with van der Waals surface area (Å²) in [4.78, 5) is 12.1. The number of ether oxygens (including phenoxy) is 1. The zero-order valence-corrected chi connectivity index (χ0v) is 12.1. The highest BCUT2D eigenvalue weighted by atomic mass is 16.5. The molecule has 1 aromatic carbocycles. The zero-order chi connectivity index (χ0) is 14.7. The fourth-order valence-corrected chi connectivity index (χ4v) is 2.18. The average Bonchev–Trinajstić information content (AvgIpc) is 2.97. The summed E-state index contributed by atoms with van der Waals surface area (Å²) in [7, 11) is 1.61. The largest absolute Gasteiger partial charge is 0.481 e. The number of imidazole rings is 1. The van der Waals surface area contributed by atoms with E-state index in [-0.39, 0.29) is 6.04 Å². The summed E-state index contributed by atoms with van der Waals surface area (Å²) < 4.78 is 5.05. The van der Waals surface area contributed by atoms with Crippen molar-refractivity contribution in [2.75, 3.05) is 7.11 Å². The van der Waals surface area contributed by atoms with Crippen LogP contribution in [0, 0.1) is 0 Å². The van der Waals surface area contributed by atoms with Gasteiger partial charge in [0.2, 0.25) is 5.88 Å². The van der Waals surface area contributed by atoms with E-state index < -0.39 is 0 Å². The molecule has 3 rings (SSSR count). The molecule has 1 atom stereocenters. The Labute approximate surface area is 123 Å². The molecule has 0 aliphatic heterocycles. The number of H-pyrrole nitrogens is 1. The van der Waals surface area contributed by atoms with Gasteiger partial charge in [-0.2, -0.15) is 0 Å². The van der Waals surface area contributed by atoms with E-state index in [0.717, 1.165) is 29.0 Å². The predicted molar refractivity (Wildman–Crippen MR) is 82.1 cm³/mol. The first-order valence-electron chi connectivity index (χ1n) is 6.93. The van der Waals surface area contributed by atoms with Crippen LogP contribution in [0.2, 0.25) is 0 Å². The van der Waals surface area contributed by atoms with Gasteiger partial charge >= 0.3 is 0 Å². The summed E-state index contributed by atoms with van der Waals surface area (Å²) in [6, 6.07) is 12.0. The molecule has 2 aromatic heterocycles. The van der Waals surface area contributed by atoms with Crippen LogP contribution in [0.1, 0.15) is 24.4 Å². The van der Waals surface area contributed by atoms with Crippen molar-refractivity contribution < 1.29 is 4.74 Å². The van der Waals surface area contributed by atoms with Crippen LogP contribution in [-0.2, 0) is 6.54 Å². The quantitative estimate of drug-likeness (QED) is 0.755. The number of pyridine rings is 1. The monoisotopic (exact) mass is 282 g/mol. The standard InChI is InChI=1S/C16H18N4O/c1-11(16-19-13-5-3-4-6-14(13)20-16)17-9-12-7-8-15(21-2)18-10-12/h3-8,10-11,17H,9H2,1-2H3,(H,19,20). The summed E-state index contributed by atoms with van der Waals surface area (Å²) in [5, 5.41) is 3.44. The van der Waals surface area contributed by atoms with E-state index in [1.165, 1.54) is 0 Å². The molecule has 3 aromatic rings. The molecule has 5 nitrogen and oxygen atoms in total. The molecule has 108 valence electrons. The van der Waals surface area contributed by atoms with Crippen molar-refractivity contribution in [2.45, 2.75) is 19.5 Å². The van der Waals surface area contributed by atoms with Gasteiger partial charge in [0, 0.05) is 18.8 Å². The van der Waals surface area contributed by atoms with Crippen LogP contribution in [0.4, 0.5) is 0 Å². The third-order valence-electron chi connectivity index (χ3n) is 3.44. The number of benzene rings is 1. The number of nitrogens with zero attached hydrogens (tertiary/aromatic N) is 2. The normalized spacial score (nSPS) is 12.5. The molecule has 0 radical (unpaired) electrons. The fourth-order valence-electron chi connectivity index (χ4n) is 2.18. The Morgan fingerprint density at radius 1 is 1.24 bits per heavy atom. The van der Waals surface area contributed by atoms with Crippen molar-refractivity contribution in [1.29, 1.82) is 0 Å². The van der Waals surface area contributed by atoms with Crippen molar-refractivity contribution in [3.8, 4) is 5.88 Å². The second-order valence-corrected chi connectivity index (χ2v) is 4.95. The smallest absolute Gasteiger partial charge is 0.212 e. The number of aromatic amines is 1. The third-order valence-corrected chi connectivity index (χ3v) is 3.44. The van der Waals surface area contributed by atoms with E-state index in [1.54, 1.807) is 7.11 Å². The van der Waals surface area contributed by atoms with Crippen molar-refractivity contribution in [1.82, 2.24) is 20.3 Å². The molecule has 0 bridgehead atoms. The lowest BCUT2D eigenvalue weighted by atomic mass is 10.2. The van der Waals surface area contributed by atoms with Gasteiger partial charge in [-0.25, -0.2) is 9.97 Å². The topological polar surface area (TPSA) is 62.8 Å². The van der Waals surface area contributed by atoms with Crippen molar-refractivity contribution in [3.63, 3.8) is 0 Å². The molecule has 1 unspecified atom stereocenters. The van der Waals surface area contributed by atoms with E-state index in [2.05, 4.69) is 27.2 Å². The van der Waals surface area contributed by atoms with Gasteiger partial charge in [-0.15, -0.1) is 0 Å². The van der Waals surface area contributed by atoms with Gasteiger partial charge in [-0.1, -0.05) is 18.2 Å². The van der Waals surface area contributed by atoms with Crippen molar-refractivity contribution >= 4 is 11.0 Å². The van der Waals surface area contributed by atoms with Crippen LogP contribution in [-0.4, -0.2) is 22.1 Å². The Morgan fingerprint density at radius 3 is 2.81 bits per heavy atom. The Kier molecular flexibility index (Phi) is 3.83. The number of aromatic nitrogens is 3. The number of hydrogen-bond acceptors (Lipinski definition) is 4. The minimum Gasteiger partial charge on any atom is -0.481 e. The summed E-state index contributed by atoms with van der Waals surface area (Å²) in [6.45, 7) is 2.82. The zero-order valence-electron chi connectivity index (χ0n) is 12.1. The molecule has 0 saturated heterocycles. The average molecular weight is 282 g/mol. The maximum atomic E-state index is 5.05. The Hall–Kier alpha value is -2.40. The summed E-state index contributed by atoms with van der Waals surface area (Å²) in [6.07, 6.45) is 1.82. The molecule has 5 heteroatoms. The second-order valence-electron chi connectivity index (χ2n) is 4.95. The highest BCUT2D eigenvalue weighted by Gasteiger charge is 2.10. The molecule has 2 N–H and O–H groups in total. The van der Waals surface area contributed by atoms with Crippen molar-refractivity contribution in [2.24, 2.45) is 0 Å². The van der Waals surface area contributed by atoms with E-state index in [1.807, 2.05) is 42.6 Å². The summed E-state index contributed by atoms with van der Waals surface area (Å²) in [5.41, 5.74) is 3.17. The number of nitrogens with one attached hydrogen (secondary N) is 2. The van der Waals surface area contributed by atoms with Gasteiger partial charge in [0.05, 0.1) is 24.2 Å². The minimum absolute atomic E-state index is 0.138. The van der Waals surface area contributed by atoms with Crippen LogP contribution < -0.4 is 10.1 Å². The van der Waals surface area contributed by atoms with Gasteiger partial charge in [0.15, 0.2) is 0 Å². The Morgan fingerprint density at radius 2 is 2.10 bits per heavy atom. The van der Waals surface area contributed by atoms with Gasteiger partial charge < -0.3 is 15.0 Å². The number of hydrogen-bond donors (Lipinski definition) is 2. The van der Waals surface area contributed by atoms with Crippen LogP contribution in [0.5, 0.6) is 5.88 Å². The molecule has 0 amide bonds. The molecular formula is C16H18N4O. The first-order chi connectivity index (χ1) is 10.3. The number of methoxy groups -OCH3 is 1. The lowest BCUT2D eigenvalue weighted by Crippen LogP contribution is -2.19. The molecule has 0 fully saturated rings. The molecule has 0 aliphatic rings. The number of rotatable bonds is 5. The van der Waals surface area contributed by atoms with Gasteiger partial charge in [-0.3, -0.25) is 0 Å². The van der Waals surface area contributed by atoms with Crippen LogP contribution in [0.3, 0.4) is 0 Å². The molecule has 0 spiro atoms. The molecule has 0 saturated carbocycles. The molecule has 21 heavy (non-hydrogen) atoms. The van der Waals surface area contributed by atoms with Crippen LogP contribution >= 0.6 is 0 Å². The van der Waals surface area contributed by atoms with Gasteiger partial charge in [-0.05, 0) is 24.6 Å². The molecule has 0 aliphatic carbocycles. The lowest BCUT2D eigenvalue weighted by Gasteiger charge is -2.11. The summed E-state index contributed by atoms with van der Waals surface area (Å²) >= 11 is 0. The minimum atomic E-state index is 0.138. The van der Waals surface area contributed by atoms with Gasteiger partial charge in [0.1, 0.15) is 5.82 Å². The van der Waals surface area contributed by atoms with E-state index in [0.29, 0.717) is 5.88 Å². The highest BCUT2D eigenvalue weighted by molar-refractivity contribution is 5.74.